The van der Waals surface area contributed by atoms with Crippen LogP contribution in [-0.4, -0.2) is 25.8 Å². The van der Waals surface area contributed by atoms with Crippen LogP contribution in [-0.2, 0) is 14.8 Å². The zero-order chi connectivity index (χ0) is 17.3. The van der Waals surface area contributed by atoms with Gasteiger partial charge in [0, 0.05) is 25.1 Å². The molecule has 1 aliphatic heterocycles. The Balaban J connectivity index is 2.11. The van der Waals surface area contributed by atoms with Crippen molar-refractivity contribution in [3.63, 3.8) is 0 Å². The number of carbonyl (C=O) groups is 1. The number of carbonyl (C=O) groups excluding carboxylic acids is 1. The highest BCUT2D eigenvalue weighted by atomic mass is 32.2. The summed E-state index contributed by atoms with van der Waals surface area (Å²) in [7, 11) is -4.04. The summed E-state index contributed by atoms with van der Waals surface area (Å²) in [6, 6.07) is 11.4. The van der Waals surface area contributed by atoms with Crippen molar-refractivity contribution < 1.29 is 18.1 Å². The minimum atomic E-state index is -4.04. The second kappa shape index (κ2) is 5.93. The van der Waals surface area contributed by atoms with E-state index in [4.69, 9.17) is 0 Å². The summed E-state index contributed by atoms with van der Waals surface area (Å²) >= 11 is 0. The van der Waals surface area contributed by atoms with Crippen LogP contribution < -0.4 is 9.62 Å². The van der Waals surface area contributed by atoms with Gasteiger partial charge in [0.15, 0.2) is 0 Å². The molecule has 1 amide bonds. The quantitative estimate of drug-likeness (QED) is 0.675. The van der Waals surface area contributed by atoms with Gasteiger partial charge >= 0.3 is 0 Å². The second-order valence-corrected chi connectivity index (χ2v) is 7.01. The molecule has 124 valence electrons. The van der Waals surface area contributed by atoms with Crippen LogP contribution in [0.15, 0.2) is 53.4 Å². The van der Waals surface area contributed by atoms with Crippen LogP contribution >= 0.6 is 0 Å². The number of nitrogens with zero attached hydrogens (tertiary/aromatic N) is 2. The fourth-order valence-corrected chi connectivity index (χ4v) is 3.99. The van der Waals surface area contributed by atoms with Gasteiger partial charge in [-0.05, 0) is 18.2 Å². The molecule has 3 rings (SSSR count). The van der Waals surface area contributed by atoms with Gasteiger partial charge in [-0.25, -0.2) is 8.42 Å². The molecule has 9 heteroatoms. The Morgan fingerprint density at radius 2 is 1.88 bits per heavy atom. The smallest absolute Gasteiger partial charge is 0.270 e. The van der Waals surface area contributed by atoms with Crippen molar-refractivity contribution in [1.29, 1.82) is 0 Å². The number of fused-ring (bicyclic) bond motifs is 1. The van der Waals surface area contributed by atoms with E-state index in [2.05, 4.69) is 5.32 Å². The van der Waals surface area contributed by atoms with Gasteiger partial charge < -0.3 is 5.32 Å². The molecule has 2 aromatic rings. The highest BCUT2D eigenvalue weighted by Gasteiger charge is 2.30. The zero-order valence-electron chi connectivity index (χ0n) is 12.4. The van der Waals surface area contributed by atoms with E-state index in [1.165, 1.54) is 18.2 Å². The number of non-ortho nitro benzene ring substituents is 1. The van der Waals surface area contributed by atoms with E-state index in [0.717, 1.165) is 10.4 Å². The number of amides is 1. The lowest BCUT2D eigenvalue weighted by molar-refractivity contribution is -0.385. The number of nitrogens with one attached hydrogen (secondary N) is 1. The molecule has 0 aliphatic carbocycles. The highest BCUT2D eigenvalue weighted by Crippen LogP contribution is 2.33. The Labute approximate surface area is 137 Å². The Morgan fingerprint density at radius 3 is 2.62 bits per heavy atom. The number of nitro groups is 1. The molecular weight excluding hydrogens is 334 g/mol. The first-order valence-corrected chi connectivity index (χ1v) is 8.50. The van der Waals surface area contributed by atoms with E-state index < -0.39 is 14.9 Å². The third-order valence-corrected chi connectivity index (χ3v) is 5.41. The number of rotatable bonds is 3. The normalized spacial score (nSPS) is 14.5. The van der Waals surface area contributed by atoms with Crippen LogP contribution in [0.5, 0.6) is 0 Å². The lowest BCUT2D eigenvalue weighted by Crippen LogP contribution is -2.32. The maximum absolute atomic E-state index is 12.9. The summed E-state index contributed by atoms with van der Waals surface area (Å²) in [5.41, 5.74) is 0.400. The summed E-state index contributed by atoms with van der Waals surface area (Å²) in [5.74, 6) is -0.292. The topological polar surface area (TPSA) is 110 Å². The molecule has 8 nitrogen and oxygen atoms in total. The summed E-state index contributed by atoms with van der Waals surface area (Å²) in [5, 5.41) is 13.5. The van der Waals surface area contributed by atoms with Crippen molar-refractivity contribution >= 4 is 33.0 Å². The van der Waals surface area contributed by atoms with Gasteiger partial charge in [0.25, 0.3) is 15.7 Å². The first-order valence-electron chi connectivity index (χ1n) is 7.06. The van der Waals surface area contributed by atoms with E-state index in [-0.39, 0.29) is 29.5 Å². The van der Waals surface area contributed by atoms with Gasteiger partial charge in [-0.3, -0.25) is 19.2 Å². The number of sulfonamides is 1. The zero-order valence-corrected chi connectivity index (χ0v) is 13.2. The van der Waals surface area contributed by atoms with Gasteiger partial charge in [-0.2, -0.15) is 0 Å². The molecule has 1 heterocycles. The average molecular weight is 347 g/mol. The van der Waals surface area contributed by atoms with Crippen molar-refractivity contribution in [2.24, 2.45) is 0 Å². The molecule has 0 fully saturated rings. The van der Waals surface area contributed by atoms with Crippen LogP contribution in [0.3, 0.4) is 0 Å². The fraction of sp³-hybridized carbons (Fsp3) is 0.133. The lowest BCUT2D eigenvalue weighted by Gasteiger charge is -2.23. The van der Waals surface area contributed by atoms with E-state index in [0.29, 0.717) is 11.4 Å². The summed E-state index contributed by atoms with van der Waals surface area (Å²) in [6.45, 7) is -0.0477. The van der Waals surface area contributed by atoms with Crippen molar-refractivity contribution in [2.45, 2.75) is 11.3 Å². The van der Waals surface area contributed by atoms with E-state index >= 15 is 0 Å². The van der Waals surface area contributed by atoms with Crippen molar-refractivity contribution in [2.75, 3.05) is 16.2 Å². The largest absolute Gasteiger partial charge is 0.324 e. The number of hydrogen-bond donors (Lipinski definition) is 1. The molecule has 0 saturated heterocycles. The number of anilines is 2. The molecular formula is C15H13N3O5S. The van der Waals surface area contributed by atoms with Crippen molar-refractivity contribution in [1.82, 2.24) is 0 Å². The first-order chi connectivity index (χ1) is 11.4. The van der Waals surface area contributed by atoms with Gasteiger partial charge in [0.2, 0.25) is 5.91 Å². The van der Waals surface area contributed by atoms with Crippen LogP contribution in [0.1, 0.15) is 6.42 Å². The molecule has 24 heavy (non-hydrogen) atoms. The lowest BCUT2D eigenvalue weighted by atomic mass is 10.2. The summed E-state index contributed by atoms with van der Waals surface area (Å²) in [6.07, 6.45) is -0.0111. The van der Waals surface area contributed by atoms with Crippen LogP contribution in [0.2, 0.25) is 0 Å². The van der Waals surface area contributed by atoms with Gasteiger partial charge in [-0.1, -0.05) is 18.2 Å². The summed E-state index contributed by atoms with van der Waals surface area (Å²) < 4.78 is 27.0. The predicted molar refractivity (Wildman–Crippen MR) is 87.3 cm³/mol. The third-order valence-electron chi connectivity index (χ3n) is 3.61. The van der Waals surface area contributed by atoms with Crippen molar-refractivity contribution in [3.05, 3.63) is 58.6 Å². The van der Waals surface area contributed by atoms with Gasteiger partial charge in [0.1, 0.15) is 0 Å². The molecule has 0 atom stereocenters. The van der Waals surface area contributed by atoms with E-state index in [1.807, 2.05) is 0 Å². The van der Waals surface area contributed by atoms with Crippen molar-refractivity contribution in [3.8, 4) is 0 Å². The van der Waals surface area contributed by atoms with Gasteiger partial charge in [0.05, 0.1) is 21.2 Å². The summed E-state index contributed by atoms with van der Waals surface area (Å²) in [4.78, 5) is 21.8. The van der Waals surface area contributed by atoms with E-state index in [1.54, 1.807) is 24.3 Å². The molecule has 0 aromatic heterocycles. The monoisotopic (exact) mass is 347 g/mol. The maximum Gasteiger partial charge on any atom is 0.270 e. The number of hydrogen-bond acceptors (Lipinski definition) is 5. The molecule has 0 bridgehead atoms. The molecule has 0 saturated carbocycles. The predicted octanol–water partition coefficient (Wildman–Crippen LogP) is 2.13. The Kier molecular flexibility index (Phi) is 3.94. The van der Waals surface area contributed by atoms with Crippen LogP contribution in [0.25, 0.3) is 0 Å². The molecule has 0 spiro atoms. The molecule has 0 radical (unpaired) electrons. The molecule has 2 aromatic carbocycles. The van der Waals surface area contributed by atoms with Crippen LogP contribution in [0.4, 0.5) is 17.1 Å². The minimum absolute atomic E-state index is 0.0111. The number of nitro benzene ring substituents is 1. The highest BCUT2D eigenvalue weighted by molar-refractivity contribution is 7.92. The van der Waals surface area contributed by atoms with Crippen LogP contribution in [0, 0.1) is 10.1 Å². The SMILES string of the molecule is O=C1CCN(S(=O)(=O)c2cccc([N+](=O)[O-])c2)c2ccccc2N1. The fourth-order valence-electron chi connectivity index (χ4n) is 2.47. The maximum atomic E-state index is 12.9. The average Bonchev–Trinajstić information content (AvgIpc) is 2.73. The molecule has 1 aliphatic rings. The number of para-hydroxylation sites is 2. The standard InChI is InChI=1S/C15H13N3O5S/c19-15-8-9-17(14-7-2-1-6-13(14)16-15)24(22,23)12-5-3-4-11(10-12)18(20)21/h1-7,10H,8-9H2,(H,16,19). The second-order valence-electron chi connectivity index (χ2n) is 5.15. The van der Waals surface area contributed by atoms with E-state index in [9.17, 15) is 23.3 Å². The molecule has 1 N–H and O–H groups in total. The molecule has 0 unspecified atom stereocenters. The van der Waals surface area contributed by atoms with Gasteiger partial charge in [-0.15, -0.1) is 0 Å². The Hall–Kier alpha value is -2.94. The Bertz CT molecular complexity index is 926. The Morgan fingerprint density at radius 1 is 1.12 bits per heavy atom. The number of benzene rings is 2. The third kappa shape index (κ3) is 2.81. The minimum Gasteiger partial charge on any atom is -0.324 e. The first kappa shape index (κ1) is 15.9.